The van der Waals surface area contributed by atoms with Crippen molar-refractivity contribution in [2.45, 2.75) is 52.5 Å². The molecule has 1 saturated heterocycles. The number of rotatable bonds is 11. The monoisotopic (exact) mass is 429 g/mol. The number of carbonyl (C=O) groups excluding carboxylic acids is 1. The predicted octanol–water partition coefficient (Wildman–Crippen LogP) is 4.61. The largest absolute Gasteiger partial charge is 0.379 e. The van der Waals surface area contributed by atoms with E-state index < -0.39 is 0 Å². The Labute approximate surface area is 185 Å². The fraction of sp³-hybridized carbons (Fsp3) is 0.583. The van der Waals surface area contributed by atoms with Crippen molar-refractivity contribution in [1.82, 2.24) is 14.8 Å². The number of morpholine rings is 1. The number of unbranched alkanes of at least 4 members (excludes halogenated alkanes) is 2. The van der Waals surface area contributed by atoms with Gasteiger partial charge in [-0.05, 0) is 24.5 Å². The first-order valence-electron chi connectivity index (χ1n) is 11.3. The molecule has 1 aromatic heterocycles. The number of benzene rings is 1. The highest BCUT2D eigenvalue weighted by molar-refractivity contribution is 7.13. The van der Waals surface area contributed by atoms with Gasteiger partial charge in [0.2, 0.25) is 5.91 Å². The van der Waals surface area contributed by atoms with Gasteiger partial charge in [0.1, 0.15) is 5.01 Å². The van der Waals surface area contributed by atoms with Gasteiger partial charge in [0, 0.05) is 43.7 Å². The lowest BCUT2D eigenvalue weighted by atomic mass is 10.1. The van der Waals surface area contributed by atoms with E-state index in [1.807, 2.05) is 10.3 Å². The lowest BCUT2D eigenvalue weighted by molar-refractivity contribution is -0.130. The third-order valence-electron chi connectivity index (χ3n) is 5.48. The Kier molecular flexibility index (Phi) is 9.30. The van der Waals surface area contributed by atoms with E-state index in [2.05, 4.69) is 43.0 Å². The zero-order valence-electron chi connectivity index (χ0n) is 18.4. The fourth-order valence-corrected chi connectivity index (χ4v) is 4.48. The van der Waals surface area contributed by atoms with Gasteiger partial charge in [-0.2, -0.15) is 0 Å². The first-order valence-corrected chi connectivity index (χ1v) is 12.2. The van der Waals surface area contributed by atoms with E-state index in [1.54, 1.807) is 11.3 Å². The maximum atomic E-state index is 12.8. The average molecular weight is 430 g/mol. The molecule has 1 aromatic carbocycles. The summed E-state index contributed by atoms with van der Waals surface area (Å²) in [5.74, 6) is 0.204. The first-order chi connectivity index (χ1) is 14.7. The molecule has 1 aliphatic heterocycles. The number of aromatic nitrogens is 1. The summed E-state index contributed by atoms with van der Waals surface area (Å²) in [7, 11) is 0. The van der Waals surface area contributed by atoms with Crippen molar-refractivity contribution >= 4 is 17.2 Å². The highest BCUT2D eigenvalue weighted by atomic mass is 32.1. The van der Waals surface area contributed by atoms with Crippen LogP contribution in [0.3, 0.4) is 0 Å². The number of hydrogen-bond donors (Lipinski definition) is 0. The van der Waals surface area contributed by atoms with Gasteiger partial charge in [-0.15, -0.1) is 11.3 Å². The van der Waals surface area contributed by atoms with E-state index in [4.69, 9.17) is 9.72 Å². The minimum absolute atomic E-state index is 0.204. The van der Waals surface area contributed by atoms with E-state index in [-0.39, 0.29) is 5.91 Å². The Hall–Kier alpha value is -1.76. The van der Waals surface area contributed by atoms with Crippen LogP contribution in [-0.2, 0) is 22.5 Å². The number of carbonyl (C=O) groups is 1. The topological polar surface area (TPSA) is 45.7 Å². The second-order valence-electron chi connectivity index (χ2n) is 8.00. The Morgan fingerprint density at radius 1 is 1.17 bits per heavy atom. The van der Waals surface area contributed by atoms with Crippen molar-refractivity contribution in [1.29, 1.82) is 0 Å². The van der Waals surface area contributed by atoms with Gasteiger partial charge < -0.3 is 9.64 Å². The molecule has 1 aliphatic rings. The lowest BCUT2D eigenvalue weighted by Gasteiger charge is -2.26. The molecule has 0 aliphatic carbocycles. The van der Waals surface area contributed by atoms with Gasteiger partial charge in [0.05, 0.1) is 25.3 Å². The van der Waals surface area contributed by atoms with Gasteiger partial charge in [-0.3, -0.25) is 9.69 Å². The third kappa shape index (κ3) is 6.89. The van der Waals surface area contributed by atoms with Crippen LogP contribution in [0.15, 0.2) is 29.6 Å². The first kappa shape index (κ1) is 22.9. The van der Waals surface area contributed by atoms with Crippen LogP contribution in [0.25, 0.3) is 10.6 Å². The Morgan fingerprint density at radius 2 is 1.90 bits per heavy atom. The zero-order chi connectivity index (χ0) is 21.2. The summed E-state index contributed by atoms with van der Waals surface area (Å²) in [6.45, 7) is 10.6. The Bertz CT molecular complexity index is 778. The van der Waals surface area contributed by atoms with Crippen LogP contribution >= 0.6 is 11.3 Å². The molecule has 6 heteroatoms. The highest BCUT2D eigenvalue weighted by Gasteiger charge is 2.16. The predicted molar refractivity (Wildman–Crippen MR) is 124 cm³/mol. The summed E-state index contributed by atoms with van der Waals surface area (Å²) >= 11 is 1.63. The van der Waals surface area contributed by atoms with Gasteiger partial charge in [-0.25, -0.2) is 4.98 Å². The number of ether oxygens (including phenoxy) is 1. The second-order valence-corrected chi connectivity index (χ2v) is 8.86. The molecule has 1 amide bonds. The molecular weight excluding hydrogens is 394 g/mol. The average Bonchev–Trinajstić information content (AvgIpc) is 3.23. The van der Waals surface area contributed by atoms with Crippen molar-refractivity contribution < 1.29 is 9.53 Å². The van der Waals surface area contributed by atoms with Gasteiger partial charge in [0.25, 0.3) is 0 Å². The molecule has 0 N–H and O–H groups in total. The Morgan fingerprint density at radius 3 is 2.60 bits per heavy atom. The van der Waals surface area contributed by atoms with Crippen LogP contribution in [0.5, 0.6) is 0 Å². The van der Waals surface area contributed by atoms with Crippen molar-refractivity contribution in [3.63, 3.8) is 0 Å². The van der Waals surface area contributed by atoms with Gasteiger partial charge >= 0.3 is 0 Å². The smallest absolute Gasteiger partial charge is 0.228 e. The van der Waals surface area contributed by atoms with Crippen LogP contribution in [-0.4, -0.2) is 60.1 Å². The highest BCUT2D eigenvalue weighted by Crippen LogP contribution is 2.25. The summed E-state index contributed by atoms with van der Waals surface area (Å²) in [6, 6.07) is 8.63. The second kappa shape index (κ2) is 12.2. The summed E-state index contributed by atoms with van der Waals surface area (Å²) < 4.78 is 5.44. The van der Waals surface area contributed by atoms with Crippen molar-refractivity contribution in [2.24, 2.45) is 0 Å². The van der Waals surface area contributed by atoms with Crippen LogP contribution in [0.2, 0.25) is 0 Å². The molecule has 0 bridgehead atoms. The molecule has 0 atom stereocenters. The van der Waals surface area contributed by atoms with E-state index in [1.165, 1.54) is 5.56 Å². The number of hydrogen-bond acceptors (Lipinski definition) is 5. The van der Waals surface area contributed by atoms with E-state index in [9.17, 15) is 4.79 Å². The number of amides is 1. The molecule has 0 saturated carbocycles. The zero-order valence-corrected chi connectivity index (χ0v) is 19.3. The minimum atomic E-state index is 0.204. The molecule has 30 heavy (non-hydrogen) atoms. The molecular formula is C24H35N3O2S. The number of thiazole rings is 1. The van der Waals surface area contributed by atoms with E-state index >= 15 is 0 Å². The number of nitrogens with zero attached hydrogens (tertiary/aromatic N) is 3. The third-order valence-corrected chi connectivity index (χ3v) is 6.42. The molecule has 0 radical (unpaired) electrons. The van der Waals surface area contributed by atoms with Gasteiger partial charge in [0.15, 0.2) is 0 Å². The molecule has 2 aromatic rings. The lowest BCUT2D eigenvalue weighted by Crippen LogP contribution is -2.35. The van der Waals surface area contributed by atoms with E-state index in [0.29, 0.717) is 6.42 Å². The summed E-state index contributed by atoms with van der Waals surface area (Å²) in [5.41, 5.74) is 3.32. The molecule has 5 nitrogen and oxygen atoms in total. The van der Waals surface area contributed by atoms with Crippen LogP contribution in [0, 0.1) is 0 Å². The maximum absolute atomic E-state index is 12.8. The summed E-state index contributed by atoms with van der Waals surface area (Å²) in [4.78, 5) is 22.1. The maximum Gasteiger partial charge on any atom is 0.228 e. The minimum Gasteiger partial charge on any atom is -0.379 e. The summed E-state index contributed by atoms with van der Waals surface area (Å²) in [6.07, 6.45) is 4.74. The van der Waals surface area contributed by atoms with E-state index in [0.717, 1.165) is 87.9 Å². The molecule has 1 fully saturated rings. The van der Waals surface area contributed by atoms with Crippen LogP contribution in [0.1, 0.15) is 50.8 Å². The molecule has 0 unspecified atom stereocenters. The fourth-order valence-electron chi connectivity index (χ4n) is 3.67. The SMILES string of the molecule is CCCCN(CCCC)C(=O)Cc1csc(-c2cccc(CN3CCOCC3)c2)n1. The molecule has 3 rings (SSSR count). The normalized spacial score (nSPS) is 14.7. The van der Waals surface area contributed by atoms with Crippen molar-refractivity contribution in [3.05, 3.63) is 40.9 Å². The molecule has 2 heterocycles. The van der Waals surface area contributed by atoms with Crippen molar-refractivity contribution in [2.75, 3.05) is 39.4 Å². The van der Waals surface area contributed by atoms with Crippen molar-refractivity contribution in [3.8, 4) is 10.6 Å². The van der Waals surface area contributed by atoms with Gasteiger partial charge in [-0.1, -0.05) is 44.9 Å². The molecule has 164 valence electrons. The quantitative estimate of drug-likeness (QED) is 0.523. The standard InChI is InChI=1S/C24H35N3O2S/c1-3-5-10-27(11-6-4-2)23(28)17-22-19-30-24(25-22)21-9-7-8-20(16-21)18-26-12-14-29-15-13-26/h7-9,16,19H,3-6,10-15,17-18H2,1-2H3. The summed E-state index contributed by atoms with van der Waals surface area (Å²) in [5, 5.41) is 3.04. The molecule has 0 spiro atoms. The van der Waals surface area contributed by atoms with Crippen LogP contribution in [0.4, 0.5) is 0 Å². The van der Waals surface area contributed by atoms with Crippen LogP contribution < -0.4 is 0 Å². The Balaban J connectivity index is 1.62.